The number of nitrogens with one attached hydrogen (secondary N) is 1. The number of anilines is 1. The third-order valence-corrected chi connectivity index (χ3v) is 3.06. The largest absolute Gasteiger partial charge is 0.382 e. The SMILES string of the molecule is Nc1n[nH]c(-c2cccc([N+](=O)[O-])c2)c1-c1ccccn1. The van der Waals surface area contributed by atoms with Gasteiger partial charge in [-0.25, -0.2) is 0 Å². The van der Waals surface area contributed by atoms with Crippen LogP contribution in [0.4, 0.5) is 11.5 Å². The van der Waals surface area contributed by atoms with E-state index in [1.165, 1.54) is 12.1 Å². The first kappa shape index (κ1) is 12.8. The number of H-pyrrole nitrogens is 1. The van der Waals surface area contributed by atoms with Crippen molar-refractivity contribution in [2.24, 2.45) is 0 Å². The monoisotopic (exact) mass is 281 g/mol. The molecule has 21 heavy (non-hydrogen) atoms. The van der Waals surface area contributed by atoms with Crippen LogP contribution >= 0.6 is 0 Å². The highest BCUT2D eigenvalue weighted by atomic mass is 16.6. The molecule has 0 spiro atoms. The van der Waals surface area contributed by atoms with Crippen molar-refractivity contribution in [1.82, 2.24) is 15.2 Å². The van der Waals surface area contributed by atoms with Gasteiger partial charge in [0.15, 0.2) is 5.82 Å². The summed E-state index contributed by atoms with van der Waals surface area (Å²) in [7, 11) is 0. The maximum Gasteiger partial charge on any atom is 0.270 e. The van der Waals surface area contributed by atoms with Gasteiger partial charge in [0.1, 0.15) is 0 Å². The van der Waals surface area contributed by atoms with Crippen molar-refractivity contribution in [3.63, 3.8) is 0 Å². The molecule has 0 unspecified atom stereocenters. The van der Waals surface area contributed by atoms with Crippen molar-refractivity contribution in [3.8, 4) is 22.5 Å². The van der Waals surface area contributed by atoms with Gasteiger partial charge < -0.3 is 5.73 Å². The third kappa shape index (κ3) is 2.32. The molecule has 2 aromatic heterocycles. The summed E-state index contributed by atoms with van der Waals surface area (Å²) in [5.74, 6) is 0.301. The highest BCUT2D eigenvalue weighted by Gasteiger charge is 2.17. The molecule has 3 N–H and O–H groups in total. The molecule has 3 aromatic rings. The molecule has 0 aliphatic carbocycles. The first-order chi connectivity index (χ1) is 10.2. The number of rotatable bonds is 3. The molecule has 0 saturated heterocycles. The summed E-state index contributed by atoms with van der Waals surface area (Å²) < 4.78 is 0. The van der Waals surface area contributed by atoms with E-state index in [1.54, 1.807) is 24.4 Å². The van der Waals surface area contributed by atoms with E-state index in [-0.39, 0.29) is 5.69 Å². The van der Waals surface area contributed by atoms with Crippen LogP contribution in [0.2, 0.25) is 0 Å². The fraction of sp³-hybridized carbons (Fsp3) is 0. The zero-order valence-corrected chi connectivity index (χ0v) is 10.9. The summed E-state index contributed by atoms with van der Waals surface area (Å²) in [4.78, 5) is 14.7. The summed E-state index contributed by atoms with van der Waals surface area (Å²) >= 11 is 0. The van der Waals surface area contributed by atoms with Crippen LogP contribution in [0.15, 0.2) is 48.7 Å². The summed E-state index contributed by atoms with van der Waals surface area (Å²) in [5.41, 5.74) is 8.43. The Morgan fingerprint density at radius 2 is 2.05 bits per heavy atom. The fourth-order valence-corrected chi connectivity index (χ4v) is 2.11. The lowest BCUT2D eigenvalue weighted by atomic mass is 10.0. The number of pyridine rings is 1. The van der Waals surface area contributed by atoms with Crippen molar-refractivity contribution in [2.45, 2.75) is 0 Å². The number of benzene rings is 1. The Balaban J connectivity index is 2.17. The maximum absolute atomic E-state index is 10.9. The number of aromatic amines is 1. The lowest BCUT2D eigenvalue weighted by molar-refractivity contribution is -0.384. The van der Waals surface area contributed by atoms with Gasteiger partial charge in [-0.05, 0) is 12.1 Å². The van der Waals surface area contributed by atoms with Gasteiger partial charge in [0.05, 0.1) is 21.9 Å². The predicted octanol–water partition coefficient (Wildman–Crippen LogP) is 2.63. The standard InChI is InChI=1S/C14H11N5O2/c15-14-12(11-6-1-2-7-16-11)13(17-18-14)9-4-3-5-10(8-9)19(20)21/h1-8H,(H3,15,17,18). The Kier molecular flexibility index (Phi) is 3.07. The van der Waals surface area contributed by atoms with Crippen molar-refractivity contribution in [3.05, 3.63) is 58.8 Å². The van der Waals surface area contributed by atoms with Gasteiger partial charge in [-0.1, -0.05) is 18.2 Å². The predicted molar refractivity (Wildman–Crippen MR) is 78.3 cm³/mol. The van der Waals surface area contributed by atoms with E-state index >= 15 is 0 Å². The zero-order valence-electron chi connectivity index (χ0n) is 10.9. The molecular weight excluding hydrogens is 270 g/mol. The van der Waals surface area contributed by atoms with Gasteiger partial charge in [0, 0.05) is 23.9 Å². The molecule has 0 aliphatic heterocycles. The number of nitro groups is 1. The van der Waals surface area contributed by atoms with Crippen LogP contribution in [0.5, 0.6) is 0 Å². The Morgan fingerprint density at radius 1 is 1.19 bits per heavy atom. The van der Waals surface area contributed by atoms with Crippen LogP contribution < -0.4 is 5.73 Å². The van der Waals surface area contributed by atoms with Crippen molar-refractivity contribution < 1.29 is 4.92 Å². The van der Waals surface area contributed by atoms with E-state index in [1.807, 2.05) is 12.1 Å². The lowest BCUT2D eigenvalue weighted by Crippen LogP contribution is -1.92. The summed E-state index contributed by atoms with van der Waals surface area (Å²) in [6, 6.07) is 11.7. The number of nitrogens with two attached hydrogens (primary N) is 1. The highest BCUT2D eigenvalue weighted by Crippen LogP contribution is 2.34. The van der Waals surface area contributed by atoms with Gasteiger partial charge in [-0.15, -0.1) is 0 Å². The number of hydrogen-bond acceptors (Lipinski definition) is 5. The molecule has 2 heterocycles. The molecule has 1 aromatic carbocycles. The smallest absolute Gasteiger partial charge is 0.270 e. The topological polar surface area (TPSA) is 111 Å². The molecule has 3 rings (SSSR count). The third-order valence-electron chi connectivity index (χ3n) is 3.06. The molecule has 104 valence electrons. The second-order valence-corrected chi connectivity index (χ2v) is 4.38. The molecule has 0 aliphatic rings. The average molecular weight is 281 g/mol. The summed E-state index contributed by atoms with van der Waals surface area (Å²) in [6.45, 7) is 0. The minimum absolute atomic E-state index is 0.00708. The van der Waals surface area contributed by atoms with E-state index in [0.717, 1.165) is 0 Å². The second-order valence-electron chi connectivity index (χ2n) is 4.38. The van der Waals surface area contributed by atoms with Gasteiger partial charge in [0.25, 0.3) is 5.69 Å². The van der Waals surface area contributed by atoms with E-state index in [9.17, 15) is 10.1 Å². The molecule has 7 heteroatoms. The molecule has 0 atom stereocenters. The molecule has 7 nitrogen and oxygen atoms in total. The number of nitro benzene ring substituents is 1. The Labute approximate surface area is 119 Å². The number of non-ortho nitro benzene ring substituents is 1. The molecule has 0 bridgehead atoms. The van der Waals surface area contributed by atoms with Crippen LogP contribution in [-0.4, -0.2) is 20.1 Å². The van der Waals surface area contributed by atoms with Crippen LogP contribution in [-0.2, 0) is 0 Å². The van der Waals surface area contributed by atoms with E-state index in [4.69, 9.17) is 5.73 Å². The van der Waals surface area contributed by atoms with Crippen molar-refractivity contribution >= 4 is 11.5 Å². The Hall–Kier alpha value is -3.22. The van der Waals surface area contributed by atoms with Gasteiger partial charge in [-0.2, -0.15) is 5.10 Å². The maximum atomic E-state index is 10.9. The summed E-state index contributed by atoms with van der Waals surface area (Å²) in [5, 5.41) is 17.7. The number of nitrogens with zero attached hydrogens (tertiary/aromatic N) is 3. The molecule has 0 amide bonds. The number of nitrogen functional groups attached to an aromatic ring is 1. The fourth-order valence-electron chi connectivity index (χ4n) is 2.11. The summed E-state index contributed by atoms with van der Waals surface area (Å²) in [6.07, 6.45) is 1.65. The number of aromatic nitrogens is 3. The molecule has 0 fully saturated rings. The van der Waals surface area contributed by atoms with Crippen molar-refractivity contribution in [2.75, 3.05) is 5.73 Å². The van der Waals surface area contributed by atoms with Gasteiger partial charge in [0.2, 0.25) is 0 Å². The Bertz CT molecular complexity index is 798. The van der Waals surface area contributed by atoms with Crippen molar-refractivity contribution in [1.29, 1.82) is 0 Å². The minimum Gasteiger partial charge on any atom is -0.382 e. The molecular formula is C14H11N5O2. The molecule has 0 saturated carbocycles. The van der Waals surface area contributed by atoms with Crippen LogP contribution in [0.3, 0.4) is 0 Å². The zero-order chi connectivity index (χ0) is 14.8. The van der Waals surface area contributed by atoms with E-state index < -0.39 is 4.92 Å². The average Bonchev–Trinajstić information content (AvgIpc) is 2.90. The lowest BCUT2D eigenvalue weighted by Gasteiger charge is -2.04. The Morgan fingerprint density at radius 3 is 2.76 bits per heavy atom. The molecule has 0 radical (unpaired) electrons. The second kappa shape index (κ2) is 5.04. The number of hydrogen-bond donors (Lipinski definition) is 2. The first-order valence-corrected chi connectivity index (χ1v) is 6.17. The minimum atomic E-state index is -0.441. The van der Waals surface area contributed by atoms with Crippen LogP contribution in [0.25, 0.3) is 22.5 Å². The quantitative estimate of drug-likeness (QED) is 0.566. The van der Waals surface area contributed by atoms with Crippen LogP contribution in [0, 0.1) is 10.1 Å². The normalized spacial score (nSPS) is 10.5. The van der Waals surface area contributed by atoms with Gasteiger partial charge >= 0.3 is 0 Å². The van der Waals surface area contributed by atoms with E-state index in [0.29, 0.717) is 28.3 Å². The van der Waals surface area contributed by atoms with Crippen LogP contribution in [0.1, 0.15) is 0 Å². The highest BCUT2D eigenvalue weighted by molar-refractivity contribution is 5.86. The van der Waals surface area contributed by atoms with E-state index in [2.05, 4.69) is 15.2 Å². The first-order valence-electron chi connectivity index (χ1n) is 6.17. The van der Waals surface area contributed by atoms with Gasteiger partial charge in [-0.3, -0.25) is 20.2 Å².